The molecule has 0 bridgehead atoms. The van der Waals surface area contributed by atoms with Gasteiger partial charge in [-0.05, 0) is 33.2 Å². The molecule has 0 aliphatic carbocycles. The van der Waals surface area contributed by atoms with Crippen LogP contribution >= 0.6 is 0 Å². The second-order valence-electron chi connectivity index (χ2n) is 4.93. The van der Waals surface area contributed by atoms with Crippen molar-refractivity contribution in [2.45, 2.75) is 39.3 Å². The Labute approximate surface area is 112 Å². The van der Waals surface area contributed by atoms with E-state index in [9.17, 15) is 10.1 Å². The number of rotatable bonds is 5. The highest BCUT2D eigenvalue weighted by Gasteiger charge is 2.19. The van der Waals surface area contributed by atoms with E-state index in [1.54, 1.807) is 13.8 Å². The summed E-state index contributed by atoms with van der Waals surface area (Å²) in [4.78, 5) is 14.9. The fraction of sp³-hybridized carbons (Fsp3) is 0.615. The van der Waals surface area contributed by atoms with Crippen molar-refractivity contribution >= 4 is 5.69 Å². The molecule has 0 aromatic carbocycles. The maximum Gasteiger partial charge on any atom is 0.278 e. The van der Waals surface area contributed by atoms with E-state index in [1.807, 2.05) is 0 Å². The van der Waals surface area contributed by atoms with Crippen LogP contribution in [0.4, 0.5) is 5.69 Å². The minimum atomic E-state index is -0.353. The minimum Gasteiger partial charge on any atom is -0.374 e. The van der Waals surface area contributed by atoms with Crippen LogP contribution in [0.3, 0.4) is 0 Å². The Morgan fingerprint density at radius 3 is 3.00 bits per heavy atom. The van der Waals surface area contributed by atoms with Crippen molar-refractivity contribution in [3.8, 4) is 0 Å². The maximum atomic E-state index is 11.0. The summed E-state index contributed by atoms with van der Waals surface area (Å²) in [6, 6.07) is 0.403. The average Bonchev–Trinajstić information content (AvgIpc) is 2.85. The van der Waals surface area contributed by atoms with Gasteiger partial charge >= 0.3 is 0 Å². The molecule has 2 rings (SSSR count). The van der Waals surface area contributed by atoms with Crippen molar-refractivity contribution in [1.82, 2.24) is 10.3 Å². The predicted molar refractivity (Wildman–Crippen MR) is 71.0 cm³/mol. The van der Waals surface area contributed by atoms with Crippen LogP contribution in [0.25, 0.3) is 0 Å². The molecule has 1 aliphatic heterocycles. The Bertz CT molecular complexity index is 470. The van der Waals surface area contributed by atoms with Crippen LogP contribution < -0.4 is 5.32 Å². The zero-order valence-electron chi connectivity index (χ0n) is 11.3. The number of aromatic nitrogens is 1. The third-order valence-electron chi connectivity index (χ3n) is 3.48. The van der Waals surface area contributed by atoms with Crippen molar-refractivity contribution in [2.24, 2.45) is 0 Å². The quantitative estimate of drug-likeness (QED) is 0.649. The van der Waals surface area contributed by atoms with Gasteiger partial charge in [-0.25, -0.2) is 0 Å². The molecule has 0 amide bonds. The Hall–Kier alpha value is -1.53. The molecule has 2 heterocycles. The number of ether oxygens (including phenoxy) is 1. The minimum absolute atomic E-state index is 0.146. The largest absolute Gasteiger partial charge is 0.374 e. The van der Waals surface area contributed by atoms with E-state index >= 15 is 0 Å². The number of nitrogens with one attached hydrogen (secondary N) is 1. The van der Waals surface area contributed by atoms with Gasteiger partial charge in [-0.1, -0.05) is 0 Å². The van der Waals surface area contributed by atoms with Crippen molar-refractivity contribution in [1.29, 1.82) is 0 Å². The summed E-state index contributed by atoms with van der Waals surface area (Å²) in [5.74, 6) is 0. The molecule has 1 unspecified atom stereocenters. The second kappa shape index (κ2) is 6.08. The first kappa shape index (κ1) is 13.9. The Morgan fingerprint density at radius 2 is 2.37 bits per heavy atom. The van der Waals surface area contributed by atoms with Gasteiger partial charge in [-0.15, -0.1) is 0 Å². The van der Waals surface area contributed by atoms with Crippen LogP contribution in [-0.2, 0) is 11.3 Å². The van der Waals surface area contributed by atoms with Gasteiger partial charge in [0.15, 0.2) is 0 Å². The van der Waals surface area contributed by atoms with Gasteiger partial charge in [0.05, 0.1) is 29.4 Å². The van der Waals surface area contributed by atoms with Crippen LogP contribution in [0.1, 0.15) is 29.7 Å². The highest BCUT2D eigenvalue weighted by molar-refractivity contribution is 5.47. The summed E-state index contributed by atoms with van der Waals surface area (Å²) < 4.78 is 5.61. The van der Waals surface area contributed by atoms with Crippen LogP contribution in [0.2, 0.25) is 0 Å². The van der Waals surface area contributed by atoms with E-state index in [0.29, 0.717) is 36.1 Å². The maximum absolute atomic E-state index is 11.0. The fourth-order valence-electron chi connectivity index (χ4n) is 2.39. The van der Waals surface area contributed by atoms with E-state index in [0.717, 1.165) is 13.0 Å². The van der Waals surface area contributed by atoms with Crippen LogP contribution in [0.15, 0.2) is 6.20 Å². The molecule has 1 aromatic heterocycles. The Kier molecular flexibility index (Phi) is 4.44. The summed E-state index contributed by atoms with van der Waals surface area (Å²) in [5, 5.41) is 14.3. The first-order valence-corrected chi connectivity index (χ1v) is 6.50. The van der Waals surface area contributed by atoms with Gasteiger partial charge < -0.3 is 10.1 Å². The highest BCUT2D eigenvalue weighted by Crippen LogP contribution is 2.24. The molecule has 1 saturated heterocycles. The predicted octanol–water partition coefficient (Wildman–Crippen LogP) is 1.88. The van der Waals surface area contributed by atoms with Crippen molar-refractivity contribution in [2.75, 3.05) is 13.2 Å². The number of nitro groups is 1. The number of hydrogen-bond donors (Lipinski definition) is 1. The van der Waals surface area contributed by atoms with Crippen molar-refractivity contribution in [3.63, 3.8) is 0 Å². The van der Waals surface area contributed by atoms with E-state index in [4.69, 9.17) is 4.74 Å². The molecule has 0 spiro atoms. The number of aryl methyl sites for hydroxylation is 1. The number of pyridine rings is 1. The van der Waals surface area contributed by atoms with Gasteiger partial charge in [-0.3, -0.25) is 15.1 Å². The van der Waals surface area contributed by atoms with Gasteiger partial charge in [0, 0.05) is 17.8 Å². The average molecular weight is 265 g/mol. The van der Waals surface area contributed by atoms with Crippen molar-refractivity contribution in [3.05, 3.63) is 33.1 Å². The molecule has 6 heteroatoms. The van der Waals surface area contributed by atoms with Crippen molar-refractivity contribution < 1.29 is 9.66 Å². The molecule has 1 N–H and O–H groups in total. The third kappa shape index (κ3) is 3.27. The lowest BCUT2D eigenvalue weighted by molar-refractivity contribution is -0.386. The number of hydrogen-bond acceptors (Lipinski definition) is 5. The second-order valence-corrected chi connectivity index (χ2v) is 4.93. The lowest BCUT2D eigenvalue weighted by atomic mass is 10.1. The Morgan fingerprint density at radius 1 is 1.58 bits per heavy atom. The van der Waals surface area contributed by atoms with Crippen LogP contribution in [-0.4, -0.2) is 29.1 Å². The summed E-state index contributed by atoms with van der Waals surface area (Å²) in [7, 11) is 0. The van der Waals surface area contributed by atoms with E-state index in [1.165, 1.54) is 12.6 Å². The molecular weight excluding hydrogens is 246 g/mol. The molecular formula is C13H19N3O3. The topological polar surface area (TPSA) is 77.3 Å². The highest BCUT2D eigenvalue weighted by atomic mass is 16.6. The number of nitrogens with zero attached hydrogens (tertiary/aromatic N) is 2. The lowest BCUT2D eigenvalue weighted by Gasteiger charge is -2.12. The first-order valence-electron chi connectivity index (χ1n) is 6.50. The standard InChI is InChI=1S/C13H19N3O3/c1-9-6-15-12(10(2)13(9)16(17)18)8-19-7-11-4-3-5-14-11/h6,11,14H,3-5,7-8H2,1-2H3. The Balaban J connectivity index is 2.00. The molecule has 104 valence electrons. The zero-order chi connectivity index (χ0) is 13.8. The molecule has 19 heavy (non-hydrogen) atoms. The zero-order valence-corrected chi connectivity index (χ0v) is 11.3. The molecule has 1 atom stereocenters. The van der Waals surface area contributed by atoms with E-state index in [2.05, 4.69) is 10.3 Å². The monoisotopic (exact) mass is 265 g/mol. The van der Waals surface area contributed by atoms with E-state index in [-0.39, 0.29) is 10.6 Å². The summed E-state index contributed by atoms with van der Waals surface area (Å²) in [6.45, 7) is 5.42. The summed E-state index contributed by atoms with van der Waals surface area (Å²) in [5.41, 5.74) is 1.98. The molecule has 0 saturated carbocycles. The van der Waals surface area contributed by atoms with Crippen LogP contribution in [0, 0.1) is 24.0 Å². The van der Waals surface area contributed by atoms with Gasteiger partial charge in [0.1, 0.15) is 0 Å². The molecule has 1 fully saturated rings. The molecule has 1 aliphatic rings. The third-order valence-corrected chi connectivity index (χ3v) is 3.48. The van der Waals surface area contributed by atoms with Gasteiger partial charge in [0.2, 0.25) is 0 Å². The van der Waals surface area contributed by atoms with Crippen LogP contribution in [0.5, 0.6) is 0 Å². The fourth-order valence-corrected chi connectivity index (χ4v) is 2.39. The van der Waals surface area contributed by atoms with E-state index < -0.39 is 0 Å². The molecule has 0 radical (unpaired) electrons. The summed E-state index contributed by atoms with van der Waals surface area (Å²) in [6.07, 6.45) is 3.85. The molecule has 6 nitrogen and oxygen atoms in total. The normalized spacial score (nSPS) is 18.7. The lowest BCUT2D eigenvalue weighted by Crippen LogP contribution is -2.26. The molecule has 1 aromatic rings. The summed E-state index contributed by atoms with van der Waals surface area (Å²) >= 11 is 0. The SMILES string of the molecule is Cc1cnc(COCC2CCCN2)c(C)c1[N+](=O)[O-]. The van der Waals surface area contributed by atoms with Gasteiger partial charge in [0.25, 0.3) is 5.69 Å². The first-order chi connectivity index (χ1) is 9.09. The van der Waals surface area contributed by atoms with Gasteiger partial charge in [-0.2, -0.15) is 0 Å². The smallest absolute Gasteiger partial charge is 0.278 e.